The molecule has 6 heteroatoms. The van der Waals surface area contributed by atoms with Crippen LogP contribution < -0.4 is 5.73 Å². The Hall–Kier alpha value is -1.76. The lowest BCUT2D eigenvalue weighted by Gasteiger charge is -2.05. The fraction of sp³-hybridized carbons (Fsp3) is 0.529. The first kappa shape index (κ1) is 23.5. The third kappa shape index (κ3) is 14.9. The smallest absolute Gasteiger partial charge is 0.150 e. The predicted molar refractivity (Wildman–Crippen MR) is 90.7 cm³/mol. The summed E-state index contributed by atoms with van der Waals surface area (Å²) in [6.07, 6.45) is 1.73. The van der Waals surface area contributed by atoms with Crippen molar-refractivity contribution >= 4 is 12.6 Å². The molecule has 0 amide bonds. The van der Waals surface area contributed by atoms with Gasteiger partial charge in [0.2, 0.25) is 0 Å². The molecule has 0 aliphatic heterocycles. The molecule has 2 unspecified atom stereocenters. The molecule has 0 radical (unpaired) electrons. The maximum absolute atomic E-state index is 10.0. The molecular formula is C17H29NO5. The summed E-state index contributed by atoms with van der Waals surface area (Å²) in [5.74, 6) is 0.457. The number of phenolic OH excluding ortho intramolecular Hbond substituents is 1. The van der Waals surface area contributed by atoms with Crippen LogP contribution in [0.2, 0.25) is 0 Å². The zero-order valence-electron chi connectivity index (χ0n) is 14.6. The molecule has 0 saturated carbocycles. The number of methoxy groups -OCH3 is 2. The van der Waals surface area contributed by atoms with E-state index in [9.17, 15) is 9.59 Å². The number of carbonyl (C=O) groups is 2. The second kappa shape index (κ2) is 15.1. The van der Waals surface area contributed by atoms with E-state index in [1.807, 2.05) is 20.8 Å². The topological polar surface area (TPSA) is 98.9 Å². The lowest BCUT2D eigenvalue weighted by Crippen LogP contribution is -2.27. The van der Waals surface area contributed by atoms with Gasteiger partial charge in [-0.2, -0.15) is 0 Å². The van der Waals surface area contributed by atoms with Gasteiger partial charge in [0.15, 0.2) is 0 Å². The summed E-state index contributed by atoms with van der Waals surface area (Å²) in [7, 11) is 3.33. The molecule has 23 heavy (non-hydrogen) atoms. The molecule has 0 aliphatic rings. The van der Waals surface area contributed by atoms with Crippen molar-refractivity contribution in [3.63, 3.8) is 0 Å². The van der Waals surface area contributed by atoms with Crippen molar-refractivity contribution in [1.82, 2.24) is 0 Å². The van der Waals surface area contributed by atoms with E-state index in [1.54, 1.807) is 26.4 Å². The van der Waals surface area contributed by atoms with Crippen LogP contribution in [0, 0.1) is 5.92 Å². The van der Waals surface area contributed by atoms with Crippen LogP contribution in [-0.4, -0.2) is 50.7 Å². The van der Waals surface area contributed by atoms with Gasteiger partial charge in [0, 0.05) is 19.8 Å². The fourth-order valence-corrected chi connectivity index (χ4v) is 1.01. The third-order valence-corrected chi connectivity index (χ3v) is 2.76. The second-order valence-corrected chi connectivity index (χ2v) is 5.17. The molecule has 0 bridgehead atoms. The van der Waals surface area contributed by atoms with Crippen LogP contribution in [0.25, 0.3) is 0 Å². The average molecular weight is 327 g/mol. The highest BCUT2D eigenvalue weighted by atomic mass is 16.5. The van der Waals surface area contributed by atoms with Gasteiger partial charge in [-0.25, -0.2) is 0 Å². The first-order valence-corrected chi connectivity index (χ1v) is 7.29. The zero-order valence-corrected chi connectivity index (χ0v) is 14.6. The van der Waals surface area contributed by atoms with Gasteiger partial charge in [-0.15, -0.1) is 0 Å². The van der Waals surface area contributed by atoms with E-state index in [4.69, 9.17) is 20.3 Å². The second-order valence-electron chi connectivity index (χ2n) is 5.17. The number of hydrogen-bond acceptors (Lipinski definition) is 6. The van der Waals surface area contributed by atoms with Crippen molar-refractivity contribution < 1.29 is 24.2 Å². The summed E-state index contributed by atoms with van der Waals surface area (Å²) in [5, 5.41) is 8.74. The summed E-state index contributed by atoms with van der Waals surface area (Å²) < 4.78 is 9.64. The molecule has 0 heterocycles. The van der Waals surface area contributed by atoms with Crippen molar-refractivity contribution in [2.45, 2.75) is 32.9 Å². The maximum Gasteiger partial charge on any atom is 0.150 e. The normalized spacial score (nSPS) is 12.1. The van der Waals surface area contributed by atoms with Crippen LogP contribution in [0.3, 0.4) is 0 Å². The van der Waals surface area contributed by atoms with Crippen LogP contribution in [0.4, 0.5) is 0 Å². The Kier molecular flexibility index (Phi) is 15.5. The number of nitrogens with two attached hydrogens (primary N) is 1. The highest BCUT2D eigenvalue weighted by Gasteiger charge is 2.02. The van der Waals surface area contributed by atoms with E-state index in [0.29, 0.717) is 12.2 Å². The fourth-order valence-electron chi connectivity index (χ4n) is 1.01. The number of ether oxygens (including phenoxy) is 2. The molecule has 1 aromatic carbocycles. The van der Waals surface area contributed by atoms with E-state index in [0.717, 1.165) is 12.6 Å². The molecule has 0 saturated heterocycles. The van der Waals surface area contributed by atoms with Crippen molar-refractivity contribution in [3.05, 3.63) is 29.8 Å². The van der Waals surface area contributed by atoms with Crippen LogP contribution in [0.5, 0.6) is 5.75 Å². The maximum atomic E-state index is 10.0. The lowest BCUT2D eigenvalue weighted by molar-refractivity contribution is -0.109. The Morgan fingerprint density at radius 3 is 1.87 bits per heavy atom. The molecule has 0 spiro atoms. The van der Waals surface area contributed by atoms with Gasteiger partial charge in [0.1, 0.15) is 18.3 Å². The number of carbonyl (C=O) groups excluding carboxylic acids is 2. The predicted octanol–water partition coefficient (Wildman–Crippen LogP) is 2.04. The van der Waals surface area contributed by atoms with Gasteiger partial charge >= 0.3 is 0 Å². The molecule has 132 valence electrons. The monoisotopic (exact) mass is 327 g/mol. The molecule has 1 rings (SSSR count). The number of benzene rings is 1. The van der Waals surface area contributed by atoms with E-state index < -0.39 is 0 Å². The standard InChI is InChI=1S/C7H6O2.C5H11NO.C5H12O2/c8-5-6-1-3-7(9)4-2-6;1-4(2)5(6)3-7;1-5(7-3)4-6-2/h1-5,9H;3-5H,6H2,1-2H3;5H,4H2,1-3H3. The van der Waals surface area contributed by atoms with Crippen molar-refractivity contribution in [1.29, 1.82) is 0 Å². The Labute approximate surface area is 138 Å². The number of phenols is 1. The Balaban J connectivity index is 0. The molecule has 0 aliphatic carbocycles. The molecule has 0 fully saturated rings. The summed E-state index contributed by atoms with van der Waals surface area (Å²) in [6.45, 7) is 6.47. The number of hydrogen-bond donors (Lipinski definition) is 2. The van der Waals surface area contributed by atoms with Crippen molar-refractivity contribution in [3.8, 4) is 5.75 Å². The molecule has 6 nitrogen and oxygen atoms in total. The van der Waals surface area contributed by atoms with Gasteiger partial charge in [-0.1, -0.05) is 13.8 Å². The van der Waals surface area contributed by atoms with E-state index in [1.165, 1.54) is 12.1 Å². The van der Waals surface area contributed by atoms with E-state index in [-0.39, 0.29) is 23.8 Å². The Morgan fingerprint density at radius 2 is 1.65 bits per heavy atom. The first-order valence-electron chi connectivity index (χ1n) is 7.29. The highest BCUT2D eigenvalue weighted by Crippen LogP contribution is 2.07. The van der Waals surface area contributed by atoms with Crippen LogP contribution in [0.1, 0.15) is 31.1 Å². The Bertz CT molecular complexity index is 406. The summed E-state index contributed by atoms with van der Waals surface area (Å²) >= 11 is 0. The molecular weight excluding hydrogens is 298 g/mol. The van der Waals surface area contributed by atoms with Gasteiger partial charge < -0.3 is 25.1 Å². The lowest BCUT2D eigenvalue weighted by atomic mass is 10.1. The number of aldehydes is 2. The van der Waals surface area contributed by atoms with E-state index in [2.05, 4.69) is 0 Å². The van der Waals surface area contributed by atoms with Crippen LogP contribution >= 0.6 is 0 Å². The molecule has 1 aromatic rings. The molecule has 3 N–H and O–H groups in total. The van der Waals surface area contributed by atoms with Gasteiger partial charge in [-0.05, 0) is 37.1 Å². The minimum absolute atomic E-state index is 0.181. The average Bonchev–Trinajstić information content (AvgIpc) is 2.56. The van der Waals surface area contributed by atoms with Crippen molar-refractivity contribution in [2.24, 2.45) is 11.7 Å². The number of rotatable bonds is 6. The molecule has 2 atom stereocenters. The zero-order chi connectivity index (χ0) is 18.3. The quantitative estimate of drug-likeness (QED) is 0.776. The first-order chi connectivity index (χ1) is 10.8. The molecule has 0 aromatic heterocycles. The van der Waals surface area contributed by atoms with Gasteiger partial charge in [0.05, 0.1) is 18.8 Å². The summed E-state index contributed by atoms with van der Waals surface area (Å²) in [6, 6.07) is 5.79. The minimum atomic E-state index is -0.278. The summed E-state index contributed by atoms with van der Waals surface area (Å²) in [4.78, 5) is 19.9. The Morgan fingerprint density at radius 1 is 1.13 bits per heavy atom. The largest absolute Gasteiger partial charge is 0.508 e. The van der Waals surface area contributed by atoms with Crippen LogP contribution in [-0.2, 0) is 14.3 Å². The highest BCUT2D eigenvalue weighted by molar-refractivity contribution is 5.74. The van der Waals surface area contributed by atoms with Crippen molar-refractivity contribution in [2.75, 3.05) is 20.8 Å². The third-order valence-electron chi connectivity index (χ3n) is 2.76. The minimum Gasteiger partial charge on any atom is -0.508 e. The van der Waals surface area contributed by atoms with Gasteiger partial charge in [0.25, 0.3) is 0 Å². The van der Waals surface area contributed by atoms with Gasteiger partial charge in [-0.3, -0.25) is 4.79 Å². The van der Waals surface area contributed by atoms with E-state index >= 15 is 0 Å². The summed E-state index contributed by atoms with van der Waals surface area (Å²) in [5.41, 5.74) is 5.82. The SMILES string of the molecule is CC(C)C(N)C=O.COCC(C)OC.O=Cc1ccc(O)cc1. The van der Waals surface area contributed by atoms with Crippen LogP contribution in [0.15, 0.2) is 24.3 Å². The number of aromatic hydroxyl groups is 1.